The monoisotopic (exact) mass is 272 g/mol. The fourth-order valence-corrected chi connectivity index (χ4v) is 3.61. The van der Waals surface area contributed by atoms with Gasteiger partial charge in [0.1, 0.15) is 11.6 Å². The second-order valence-electron chi connectivity index (χ2n) is 4.90. The first-order chi connectivity index (χ1) is 9.22. The molecule has 0 spiro atoms. The molecule has 4 heteroatoms. The van der Waals surface area contributed by atoms with Gasteiger partial charge in [-0.15, -0.1) is 11.8 Å². The zero-order valence-corrected chi connectivity index (χ0v) is 11.7. The summed E-state index contributed by atoms with van der Waals surface area (Å²) < 4.78 is 0. The number of imidazole rings is 1. The molecule has 19 heavy (non-hydrogen) atoms. The Kier molecular flexibility index (Phi) is 3.42. The zero-order valence-electron chi connectivity index (χ0n) is 10.8. The minimum absolute atomic E-state index is 0.244. The summed E-state index contributed by atoms with van der Waals surface area (Å²) in [6.07, 6.45) is 1.44. The van der Waals surface area contributed by atoms with E-state index in [4.69, 9.17) is 4.98 Å². The number of thioether (sulfide) groups is 1. The van der Waals surface area contributed by atoms with Crippen LogP contribution in [0.25, 0.3) is 0 Å². The summed E-state index contributed by atoms with van der Waals surface area (Å²) >= 11 is 1.71. The highest BCUT2D eigenvalue weighted by Crippen LogP contribution is 2.38. The van der Waals surface area contributed by atoms with Crippen molar-refractivity contribution in [3.63, 3.8) is 0 Å². The van der Waals surface area contributed by atoms with Crippen LogP contribution in [0.1, 0.15) is 34.4 Å². The van der Waals surface area contributed by atoms with Crippen LogP contribution < -0.4 is 0 Å². The topological polar surface area (TPSA) is 45.8 Å². The number of benzene rings is 1. The number of nitrogens with zero attached hydrogens (tertiary/aromatic N) is 1. The average Bonchev–Trinajstić information content (AvgIpc) is 2.97. The molecule has 1 aliphatic heterocycles. The Morgan fingerprint density at radius 3 is 2.84 bits per heavy atom. The van der Waals surface area contributed by atoms with Gasteiger partial charge >= 0.3 is 0 Å². The van der Waals surface area contributed by atoms with Gasteiger partial charge in [0.05, 0.1) is 16.7 Å². The van der Waals surface area contributed by atoms with Gasteiger partial charge < -0.3 is 4.98 Å². The highest BCUT2D eigenvalue weighted by atomic mass is 32.2. The van der Waals surface area contributed by atoms with Crippen LogP contribution in [-0.4, -0.2) is 21.5 Å². The fraction of sp³-hybridized carbons (Fsp3) is 0.333. The van der Waals surface area contributed by atoms with Gasteiger partial charge in [-0.25, -0.2) is 4.98 Å². The quantitative estimate of drug-likeness (QED) is 0.934. The van der Waals surface area contributed by atoms with Gasteiger partial charge in [-0.05, 0) is 12.5 Å². The summed E-state index contributed by atoms with van der Waals surface area (Å²) in [6, 6.07) is 10.3. The maximum absolute atomic E-state index is 11.4. The predicted octanol–water partition coefficient (Wildman–Crippen LogP) is 3.06. The Morgan fingerprint density at radius 1 is 1.37 bits per heavy atom. The van der Waals surface area contributed by atoms with Crippen molar-refractivity contribution in [2.75, 3.05) is 5.75 Å². The van der Waals surface area contributed by atoms with E-state index in [-0.39, 0.29) is 5.25 Å². The molecular weight excluding hydrogens is 256 g/mol. The molecule has 1 N–H and O–H groups in total. The molecule has 0 bridgehead atoms. The van der Waals surface area contributed by atoms with Crippen molar-refractivity contribution in [1.82, 2.24) is 9.97 Å². The van der Waals surface area contributed by atoms with Crippen molar-refractivity contribution in [1.29, 1.82) is 0 Å². The number of rotatable bonds is 3. The molecule has 1 atom stereocenters. The lowest BCUT2D eigenvalue weighted by molar-refractivity contribution is -0.116. The normalized spacial score (nSPS) is 19.0. The third-order valence-electron chi connectivity index (χ3n) is 3.35. The van der Waals surface area contributed by atoms with Gasteiger partial charge in [-0.1, -0.05) is 30.3 Å². The summed E-state index contributed by atoms with van der Waals surface area (Å²) in [6.45, 7) is 2.04. The zero-order chi connectivity index (χ0) is 13.2. The Hall–Kier alpha value is -1.55. The van der Waals surface area contributed by atoms with Crippen molar-refractivity contribution >= 4 is 17.5 Å². The van der Waals surface area contributed by atoms with Gasteiger partial charge in [0.15, 0.2) is 0 Å². The van der Waals surface area contributed by atoms with Crippen LogP contribution in [0.15, 0.2) is 30.3 Å². The van der Waals surface area contributed by atoms with E-state index in [1.807, 2.05) is 25.1 Å². The molecule has 3 nitrogen and oxygen atoms in total. The van der Waals surface area contributed by atoms with E-state index in [0.717, 1.165) is 23.6 Å². The number of hydrogen-bond acceptors (Lipinski definition) is 3. The Bertz CT molecular complexity index is 591. The third kappa shape index (κ3) is 2.73. The van der Waals surface area contributed by atoms with Crippen molar-refractivity contribution < 1.29 is 4.79 Å². The molecule has 0 aliphatic carbocycles. The smallest absolute Gasteiger partial charge is 0.144 e. The molecule has 1 unspecified atom stereocenters. The first kappa shape index (κ1) is 12.5. The largest absolute Gasteiger partial charge is 0.346 e. The first-order valence-corrected chi connectivity index (χ1v) is 7.50. The molecule has 1 fully saturated rings. The second kappa shape index (κ2) is 5.21. The summed E-state index contributed by atoms with van der Waals surface area (Å²) in [4.78, 5) is 19.4. The second-order valence-corrected chi connectivity index (χ2v) is 6.09. The molecule has 2 heterocycles. The maximum atomic E-state index is 11.4. The number of aromatic amines is 1. The van der Waals surface area contributed by atoms with Crippen LogP contribution in [0.4, 0.5) is 0 Å². The van der Waals surface area contributed by atoms with Crippen molar-refractivity contribution in [2.45, 2.75) is 25.0 Å². The molecule has 1 aliphatic rings. The highest BCUT2D eigenvalue weighted by Gasteiger charge is 2.27. The molecule has 0 amide bonds. The number of aryl methyl sites for hydroxylation is 1. The molecule has 0 saturated carbocycles. The van der Waals surface area contributed by atoms with E-state index < -0.39 is 0 Å². The lowest BCUT2D eigenvalue weighted by atomic mass is 10.1. The van der Waals surface area contributed by atoms with E-state index in [1.165, 1.54) is 5.56 Å². The van der Waals surface area contributed by atoms with Gasteiger partial charge in [-0.2, -0.15) is 0 Å². The van der Waals surface area contributed by atoms with Crippen molar-refractivity contribution in [3.8, 4) is 0 Å². The average molecular weight is 272 g/mol. The van der Waals surface area contributed by atoms with E-state index in [1.54, 1.807) is 11.8 Å². The first-order valence-electron chi connectivity index (χ1n) is 6.45. The van der Waals surface area contributed by atoms with Crippen LogP contribution in [0.5, 0.6) is 0 Å². The number of aromatic nitrogens is 2. The summed E-state index contributed by atoms with van der Waals surface area (Å²) in [5, 5.41) is 0.244. The SMILES string of the molecule is Cc1[nH]c(Cc2ccccc2)nc1C1CC(=O)CS1. The minimum Gasteiger partial charge on any atom is -0.346 e. The van der Waals surface area contributed by atoms with Gasteiger partial charge in [-0.3, -0.25) is 4.79 Å². The molecule has 1 aromatic carbocycles. The standard InChI is InChI=1S/C15H16N2OS/c1-10-15(13-8-12(18)9-19-13)17-14(16-10)7-11-5-3-2-4-6-11/h2-6,13H,7-9H2,1H3,(H,16,17). The Balaban J connectivity index is 1.79. The molecule has 1 aromatic heterocycles. The Labute approximate surface area is 116 Å². The minimum atomic E-state index is 0.244. The number of hydrogen-bond donors (Lipinski definition) is 1. The molecule has 3 rings (SSSR count). The van der Waals surface area contributed by atoms with Crippen LogP contribution in [-0.2, 0) is 11.2 Å². The Morgan fingerprint density at radius 2 is 2.16 bits per heavy atom. The molecular formula is C15H16N2OS. The van der Waals surface area contributed by atoms with Crippen LogP contribution in [0.3, 0.4) is 0 Å². The van der Waals surface area contributed by atoms with Gasteiger partial charge in [0.25, 0.3) is 0 Å². The third-order valence-corrected chi connectivity index (χ3v) is 4.63. The molecule has 0 radical (unpaired) electrons. The van der Waals surface area contributed by atoms with Gasteiger partial charge in [0.2, 0.25) is 0 Å². The molecule has 1 saturated heterocycles. The van der Waals surface area contributed by atoms with Crippen molar-refractivity contribution in [2.24, 2.45) is 0 Å². The van der Waals surface area contributed by atoms with Crippen LogP contribution >= 0.6 is 11.8 Å². The van der Waals surface area contributed by atoms with E-state index >= 15 is 0 Å². The van der Waals surface area contributed by atoms with E-state index in [0.29, 0.717) is 18.0 Å². The van der Waals surface area contributed by atoms with Crippen LogP contribution in [0, 0.1) is 6.92 Å². The summed E-state index contributed by atoms with van der Waals surface area (Å²) in [5.41, 5.74) is 3.40. The van der Waals surface area contributed by atoms with E-state index in [9.17, 15) is 4.79 Å². The van der Waals surface area contributed by atoms with Crippen molar-refractivity contribution in [3.05, 3.63) is 53.1 Å². The van der Waals surface area contributed by atoms with E-state index in [2.05, 4.69) is 17.1 Å². The predicted molar refractivity (Wildman–Crippen MR) is 77.4 cm³/mol. The molecule has 2 aromatic rings. The number of ketones is 1. The number of carbonyl (C=O) groups excluding carboxylic acids is 1. The van der Waals surface area contributed by atoms with Crippen LogP contribution in [0.2, 0.25) is 0 Å². The van der Waals surface area contributed by atoms with Gasteiger partial charge in [0, 0.05) is 18.5 Å². The lowest BCUT2D eigenvalue weighted by Crippen LogP contribution is -1.96. The fourth-order valence-electron chi connectivity index (χ4n) is 2.42. The number of Topliss-reactive ketones (excluding diaryl/α,β-unsaturated/α-hetero) is 1. The number of carbonyl (C=O) groups is 1. The summed E-state index contributed by atoms with van der Waals surface area (Å²) in [7, 11) is 0. The summed E-state index contributed by atoms with van der Waals surface area (Å²) in [5.74, 6) is 1.95. The maximum Gasteiger partial charge on any atom is 0.144 e. The lowest BCUT2D eigenvalue weighted by Gasteiger charge is -2.03. The number of nitrogens with one attached hydrogen (secondary N) is 1. The number of H-pyrrole nitrogens is 1. The molecule has 98 valence electrons. The highest BCUT2D eigenvalue weighted by molar-refractivity contribution is 8.00.